The molecule has 2 aromatic rings. The number of hydrazine groups is 1. The number of carbonyl (C=O) groups is 3. The molecule has 0 unspecified atom stereocenters. The Kier molecular flexibility index (Phi) is 6.26. The van der Waals surface area contributed by atoms with Crippen LogP contribution in [0.5, 0.6) is 0 Å². The van der Waals surface area contributed by atoms with E-state index in [0.29, 0.717) is 22.8 Å². The minimum Gasteiger partial charge on any atom is -0.318 e. The molecule has 4 amide bonds. The number of amides is 4. The number of hydrogen-bond donors (Lipinski definition) is 2. The Morgan fingerprint density at radius 1 is 1.18 bits per heavy atom. The van der Waals surface area contributed by atoms with Gasteiger partial charge in [0.2, 0.25) is 5.91 Å². The molecule has 0 radical (unpaired) electrons. The first-order chi connectivity index (χ1) is 13.5. The molecule has 1 saturated heterocycles. The van der Waals surface area contributed by atoms with Crippen molar-refractivity contribution in [3.05, 3.63) is 70.7 Å². The first-order valence-electron chi connectivity index (χ1n) is 8.80. The molecule has 1 heterocycles. The SMILES string of the molecule is CC[C@@]1(c2ccccc2)NC(=O)N(NC(=O)CSCc2cccc(Cl)c2)C1=O. The molecule has 146 valence electrons. The number of imide groups is 1. The van der Waals surface area contributed by atoms with E-state index >= 15 is 0 Å². The number of nitrogens with zero attached hydrogens (tertiary/aromatic N) is 1. The second kappa shape index (κ2) is 8.67. The van der Waals surface area contributed by atoms with E-state index in [1.807, 2.05) is 31.2 Å². The summed E-state index contributed by atoms with van der Waals surface area (Å²) in [6, 6.07) is 15.8. The largest absolute Gasteiger partial charge is 0.344 e. The van der Waals surface area contributed by atoms with Crippen LogP contribution in [0.2, 0.25) is 5.02 Å². The zero-order valence-electron chi connectivity index (χ0n) is 15.3. The molecule has 0 aliphatic carbocycles. The number of hydrogen-bond acceptors (Lipinski definition) is 4. The first-order valence-corrected chi connectivity index (χ1v) is 10.3. The van der Waals surface area contributed by atoms with Crippen LogP contribution in [0.15, 0.2) is 54.6 Å². The fraction of sp³-hybridized carbons (Fsp3) is 0.250. The number of thioether (sulfide) groups is 1. The molecule has 0 spiro atoms. The monoisotopic (exact) mass is 417 g/mol. The van der Waals surface area contributed by atoms with Crippen LogP contribution in [-0.2, 0) is 20.9 Å². The van der Waals surface area contributed by atoms with Crippen LogP contribution in [-0.4, -0.2) is 28.6 Å². The predicted molar refractivity (Wildman–Crippen MR) is 110 cm³/mol. The van der Waals surface area contributed by atoms with Crippen molar-refractivity contribution < 1.29 is 14.4 Å². The van der Waals surface area contributed by atoms with Gasteiger partial charge in [0.1, 0.15) is 5.54 Å². The third-order valence-corrected chi connectivity index (χ3v) is 5.75. The maximum Gasteiger partial charge on any atom is 0.344 e. The van der Waals surface area contributed by atoms with Gasteiger partial charge in [-0.3, -0.25) is 15.0 Å². The van der Waals surface area contributed by atoms with Gasteiger partial charge in [-0.25, -0.2) is 4.79 Å². The summed E-state index contributed by atoms with van der Waals surface area (Å²) in [5.74, 6) is -0.208. The Morgan fingerprint density at radius 3 is 2.61 bits per heavy atom. The third kappa shape index (κ3) is 4.15. The van der Waals surface area contributed by atoms with E-state index in [9.17, 15) is 14.4 Å². The topological polar surface area (TPSA) is 78.5 Å². The van der Waals surface area contributed by atoms with Crippen LogP contribution in [0.3, 0.4) is 0 Å². The fourth-order valence-corrected chi connectivity index (χ4v) is 4.06. The quantitative estimate of drug-likeness (QED) is 0.676. The van der Waals surface area contributed by atoms with Crippen molar-refractivity contribution in [1.29, 1.82) is 0 Å². The van der Waals surface area contributed by atoms with Gasteiger partial charge in [-0.2, -0.15) is 5.01 Å². The van der Waals surface area contributed by atoms with E-state index in [-0.39, 0.29) is 5.75 Å². The van der Waals surface area contributed by atoms with E-state index in [4.69, 9.17) is 11.6 Å². The Bertz CT molecular complexity index is 893. The number of halogens is 1. The Hall–Kier alpha value is -2.51. The van der Waals surface area contributed by atoms with Crippen molar-refractivity contribution in [1.82, 2.24) is 15.8 Å². The van der Waals surface area contributed by atoms with Gasteiger partial charge in [-0.05, 0) is 29.7 Å². The molecule has 1 aliphatic rings. The lowest BCUT2D eigenvalue weighted by Gasteiger charge is -2.25. The summed E-state index contributed by atoms with van der Waals surface area (Å²) in [6.07, 6.45) is 0.372. The maximum absolute atomic E-state index is 12.9. The highest BCUT2D eigenvalue weighted by molar-refractivity contribution is 7.99. The minimum absolute atomic E-state index is 0.105. The van der Waals surface area contributed by atoms with E-state index < -0.39 is 23.4 Å². The molecule has 2 aromatic carbocycles. The van der Waals surface area contributed by atoms with Gasteiger partial charge in [-0.1, -0.05) is 61.0 Å². The molecule has 1 aliphatic heterocycles. The van der Waals surface area contributed by atoms with Gasteiger partial charge in [-0.15, -0.1) is 11.8 Å². The van der Waals surface area contributed by atoms with E-state index in [2.05, 4.69) is 10.7 Å². The van der Waals surface area contributed by atoms with Crippen LogP contribution < -0.4 is 10.7 Å². The highest BCUT2D eigenvalue weighted by Gasteiger charge is 2.52. The van der Waals surface area contributed by atoms with Crippen molar-refractivity contribution in [2.75, 3.05) is 5.75 Å². The summed E-state index contributed by atoms with van der Waals surface area (Å²) in [4.78, 5) is 37.6. The summed E-state index contributed by atoms with van der Waals surface area (Å²) >= 11 is 7.32. The molecule has 0 aromatic heterocycles. The number of rotatable bonds is 7. The molecular weight excluding hydrogens is 398 g/mol. The summed E-state index contributed by atoms with van der Waals surface area (Å²) in [5, 5.41) is 4.14. The minimum atomic E-state index is -1.17. The highest BCUT2D eigenvalue weighted by Crippen LogP contribution is 2.31. The highest BCUT2D eigenvalue weighted by atomic mass is 35.5. The Labute approximate surface area is 172 Å². The summed E-state index contributed by atoms with van der Waals surface area (Å²) in [6.45, 7) is 1.82. The Morgan fingerprint density at radius 2 is 1.93 bits per heavy atom. The molecule has 3 rings (SSSR count). The fourth-order valence-electron chi connectivity index (χ4n) is 3.08. The number of urea groups is 1. The maximum atomic E-state index is 12.9. The zero-order valence-corrected chi connectivity index (χ0v) is 16.8. The van der Waals surface area contributed by atoms with Crippen molar-refractivity contribution in [3.63, 3.8) is 0 Å². The van der Waals surface area contributed by atoms with Crippen LogP contribution in [0.4, 0.5) is 4.79 Å². The number of nitrogens with one attached hydrogen (secondary N) is 2. The lowest BCUT2D eigenvalue weighted by Crippen LogP contribution is -2.49. The summed E-state index contributed by atoms with van der Waals surface area (Å²) < 4.78 is 0. The van der Waals surface area contributed by atoms with Crippen LogP contribution in [0.1, 0.15) is 24.5 Å². The van der Waals surface area contributed by atoms with Crippen molar-refractivity contribution in [2.45, 2.75) is 24.6 Å². The lowest BCUT2D eigenvalue weighted by molar-refractivity contribution is -0.138. The molecule has 28 heavy (non-hydrogen) atoms. The summed E-state index contributed by atoms with van der Waals surface area (Å²) in [5.41, 5.74) is 2.93. The van der Waals surface area contributed by atoms with Crippen molar-refractivity contribution in [3.8, 4) is 0 Å². The Balaban J connectivity index is 1.61. The third-order valence-electron chi connectivity index (χ3n) is 4.52. The molecule has 6 nitrogen and oxygen atoms in total. The summed E-state index contributed by atoms with van der Waals surface area (Å²) in [7, 11) is 0. The molecule has 1 atom stereocenters. The van der Waals surface area contributed by atoms with Crippen molar-refractivity contribution in [2.24, 2.45) is 0 Å². The molecule has 0 saturated carbocycles. The standard InChI is InChI=1S/C20H20ClN3O3S/c1-2-20(15-8-4-3-5-9-15)18(26)24(19(27)22-20)23-17(25)13-28-12-14-7-6-10-16(21)11-14/h3-11H,2,12-13H2,1H3,(H,22,27)(H,23,25)/t20-/m0/s1. The molecule has 0 bridgehead atoms. The second-order valence-corrected chi connectivity index (χ2v) is 7.78. The lowest BCUT2D eigenvalue weighted by atomic mass is 9.87. The number of carbonyl (C=O) groups excluding carboxylic acids is 3. The molecular formula is C20H20ClN3O3S. The van der Waals surface area contributed by atoms with E-state index in [1.165, 1.54) is 11.8 Å². The normalized spacial score (nSPS) is 18.9. The van der Waals surface area contributed by atoms with Gasteiger partial charge in [0.15, 0.2) is 0 Å². The van der Waals surface area contributed by atoms with Gasteiger partial charge in [0.25, 0.3) is 5.91 Å². The van der Waals surface area contributed by atoms with Gasteiger partial charge in [0.05, 0.1) is 5.75 Å². The molecule has 2 N–H and O–H groups in total. The van der Waals surface area contributed by atoms with Gasteiger partial charge in [0, 0.05) is 10.8 Å². The first kappa shape index (κ1) is 20.2. The smallest absolute Gasteiger partial charge is 0.318 e. The van der Waals surface area contributed by atoms with Crippen LogP contribution in [0, 0.1) is 0 Å². The predicted octanol–water partition coefficient (Wildman–Crippen LogP) is 3.46. The van der Waals surface area contributed by atoms with Crippen molar-refractivity contribution >= 4 is 41.2 Å². The van der Waals surface area contributed by atoms with Gasteiger partial charge >= 0.3 is 6.03 Å². The number of benzene rings is 2. The van der Waals surface area contributed by atoms with Crippen LogP contribution >= 0.6 is 23.4 Å². The second-order valence-electron chi connectivity index (χ2n) is 6.35. The van der Waals surface area contributed by atoms with Gasteiger partial charge < -0.3 is 5.32 Å². The average Bonchev–Trinajstić information content (AvgIpc) is 2.94. The average molecular weight is 418 g/mol. The molecule has 8 heteroatoms. The van der Waals surface area contributed by atoms with E-state index in [1.54, 1.807) is 30.3 Å². The van der Waals surface area contributed by atoms with Crippen LogP contribution in [0.25, 0.3) is 0 Å². The molecule has 1 fully saturated rings. The van der Waals surface area contributed by atoms with E-state index in [0.717, 1.165) is 10.6 Å². The zero-order chi connectivity index (χ0) is 20.1.